The molecule has 2 aromatic rings. The molecule has 4 nitrogen and oxygen atoms in total. The van der Waals surface area contributed by atoms with E-state index in [0.717, 1.165) is 29.3 Å². The minimum atomic E-state index is -4.33. The molecule has 2 N–H and O–H groups in total. The molecule has 8 heteroatoms. The van der Waals surface area contributed by atoms with Crippen LogP contribution in [0.25, 0.3) is 0 Å². The molecule has 0 saturated heterocycles. The first-order valence-corrected chi connectivity index (χ1v) is 9.15. The van der Waals surface area contributed by atoms with Crippen LogP contribution in [0.1, 0.15) is 26.7 Å². The number of halogens is 3. The largest absolute Gasteiger partial charge is 0.416 e. The predicted molar refractivity (Wildman–Crippen MR) is 103 cm³/mol. The summed E-state index contributed by atoms with van der Waals surface area (Å²) in [6, 6.07) is 4.78. The Kier molecular flexibility index (Phi) is 7.25. The summed E-state index contributed by atoms with van der Waals surface area (Å²) in [5.74, 6) is 6.31. The molecule has 0 aliphatic heterocycles. The normalized spacial score (nSPS) is 11.7. The van der Waals surface area contributed by atoms with Crippen molar-refractivity contribution >= 4 is 17.3 Å². The first-order chi connectivity index (χ1) is 12.8. The van der Waals surface area contributed by atoms with Crippen molar-refractivity contribution in [2.24, 2.45) is 4.99 Å². The van der Waals surface area contributed by atoms with Crippen LogP contribution in [0.2, 0.25) is 0 Å². The van der Waals surface area contributed by atoms with Crippen LogP contribution in [0.15, 0.2) is 29.3 Å². The van der Waals surface area contributed by atoms with E-state index in [1.54, 1.807) is 18.4 Å². The molecule has 0 amide bonds. The van der Waals surface area contributed by atoms with Crippen LogP contribution in [0.3, 0.4) is 0 Å². The van der Waals surface area contributed by atoms with Crippen molar-refractivity contribution in [1.29, 1.82) is 0 Å². The number of nitrogens with one attached hydrogen (secondary N) is 2. The smallest absolute Gasteiger partial charge is 0.356 e. The highest BCUT2D eigenvalue weighted by atomic mass is 32.1. The quantitative estimate of drug-likeness (QED) is 0.474. The number of nitrogens with zero attached hydrogens (tertiary/aromatic N) is 2. The summed E-state index contributed by atoms with van der Waals surface area (Å²) >= 11 is 1.69. The van der Waals surface area contributed by atoms with Gasteiger partial charge in [-0.1, -0.05) is 11.8 Å². The molecule has 0 bridgehead atoms. The maximum Gasteiger partial charge on any atom is 0.416 e. The van der Waals surface area contributed by atoms with E-state index in [9.17, 15) is 13.2 Å². The van der Waals surface area contributed by atoms with Gasteiger partial charge >= 0.3 is 6.18 Å². The summed E-state index contributed by atoms with van der Waals surface area (Å²) in [4.78, 5) is 9.83. The van der Waals surface area contributed by atoms with E-state index in [0.29, 0.717) is 24.6 Å². The van der Waals surface area contributed by atoms with Crippen LogP contribution >= 0.6 is 11.3 Å². The first kappa shape index (κ1) is 20.8. The summed E-state index contributed by atoms with van der Waals surface area (Å²) in [7, 11) is 1.66. The summed E-state index contributed by atoms with van der Waals surface area (Å²) < 4.78 is 37.5. The lowest BCUT2D eigenvalue weighted by Gasteiger charge is -2.08. The van der Waals surface area contributed by atoms with Crippen LogP contribution in [0.5, 0.6) is 0 Å². The lowest BCUT2D eigenvalue weighted by molar-refractivity contribution is -0.137. The van der Waals surface area contributed by atoms with Gasteiger partial charge in [0.25, 0.3) is 0 Å². The molecule has 0 fully saturated rings. The van der Waals surface area contributed by atoms with E-state index < -0.39 is 11.7 Å². The van der Waals surface area contributed by atoms with E-state index in [1.807, 2.05) is 6.92 Å². The van der Waals surface area contributed by atoms with Gasteiger partial charge in [-0.05, 0) is 38.1 Å². The Balaban J connectivity index is 1.77. The third kappa shape index (κ3) is 6.61. The van der Waals surface area contributed by atoms with E-state index in [4.69, 9.17) is 0 Å². The molecule has 0 aliphatic rings. The molecule has 0 radical (unpaired) electrons. The van der Waals surface area contributed by atoms with Crippen LogP contribution in [-0.4, -0.2) is 31.1 Å². The minimum absolute atomic E-state index is 0.330. The molecule has 27 heavy (non-hydrogen) atoms. The van der Waals surface area contributed by atoms with Gasteiger partial charge in [-0.15, -0.1) is 11.3 Å². The number of hydrogen-bond donors (Lipinski definition) is 2. The molecule has 144 valence electrons. The third-order valence-corrected chi connectivity index (χ3v) is 4.85. The van der Waals surface area contributed by atoms with Crippen molar-refractivity contribution in [2.75, 3.05) is 20.1 Å². The van der Waals surface area contributed by atoms with Gasteiger partial charge in [-0.3, -0.25) is 4.99 Å². The lowest BCUT2D eigenvalue weighted by atomic mass is 10.1. The number of hydrogen-bond acceptors (Lipinski definition) is 3. The molecule has 1 heterocycles. The minimum Gasteiger partial charge on any atom is -0.356 e. The molecule has 0 spiro atoms. The van der Waals surface area contributed by atoms with Crippen LogP contribution < -0.4 is 10.6 Å². The summed E-state index contributed by atoms with van der Waals surface area (Å²) in [5, 5.41) is 7.31. The Hall–Kier alpha value is -2.53. The van der Waals surface area contributed by atoms with Gasteiger partial charge in [0.05, 0.1) is 22.8 Å². The fourth-order valence-electron chi connectivity index (χ4n) is 2.17. The van der Waals surface area contributed by atoms with Crippen molar-refractivity contribution < 1.29 is 13.2 Å². The Labute approximate surface area is 160 Å². The zero-order valence-electron chi connectivity index (χ0n) is 15.4. The van der Waals surface area contributed by atoms with Gasteiger partial charge in [-0.2, -0.15) is 13.2 Å². The Morgan fingerprint density at radius 2 is 1.89 bits per heavy atom. The Morgan fingerprint density at radius 1 is 1.19 bits per heavy atom. The Morgan fingerprint density at radius 3 is 2.44 bits per heavy atom. The van der Waals surface area contributed by atoms with Crippen LogP contribution in [0.4, 0.5) is 13.2 Å². The number of rotatable bonds is 4. The molecule has 1 aromatic heterocycles. The highest BCUT2D eigenvalue weighted by molar-refractivity contribution is 7.11. The second kappa shape index (κ2) is 9.42. The summed E-state index contributed by atoms with van der Waals surface area (Å²) in [6.07, 6.45) is -3.53. The average Bonchev–Trinajstić information content (AvgIpc) is 2.94. The number of benzene rings is 1. The predicted octanol–water partition coefficient (Wildman–Crippen LogP) is 3.54. The summed E-state index contributed by atoms with van der Waals surface area (Å²) in [5.41, 5.74) is 0.916. The SMILES string of the molecule is CN=C(NCC#Cc1ccc(C(F)(F)F)cc1)NCCc1nc(C)c(C)s1. The van der Waals surface area contributed by atoms with Gasteiger partial charge in [0.15, 0.2) is 5.96 Å². The van der Waals surface area contributed by atoms with Crippen LogP contribution in [0, 0.1) is 25.7 Å². The van der Waals surface area contributed by atoms with E-state index in [-0.39, 0.29) is 0 Å². The number of aliphatic imine (C=N–C) groups is 1. The van der Waals surface area contributed by atoms with Crippen molar-refractivity contribution in [2.45, 2.75) is 26.4 Å². The topological polar surface area (TPSA) is 49.3 Å². The zero-order valence-corrected chi connectivity index (χ0v) is 16.2. The molecular formula is C19H21F3N4S. The molecule has 2 rings (SSSR count). The van der Waals surface area contributed by atoms with Crippen LogP contribution in [-0.2, 0) is 12.6 Å². The second-order valence-electron chi connectivity index (χ2n) is 5.73. The van der Waals surface area contributed by atoms with E-state index in [1.165, 1.54) is 17.0 Å². The highest BCUT2D eigenvalue weighted by Crippen LogP contribution is 2.28. The van der Waals surface area contributed by atoms with Gasteiger partial charge in [0.2, 0.25) is 0 Å². The summed E-state index contributed by atoms with van der Waals surface area (Å²) in [6.45, 7) is 5.08. The van der Waals surface area contributed by atoms with Gasteiger partial charge < -0.3 is 10.6 Å². The number of alkyl halides is 3. The third-order valence-electron chi connectivity index (χ3n) is 3.72. The number of aryl methyl sites for hydroxylation is 2. The highest BCUT2D eigenvalue weighted by Gasteiger charge is 2.29. The van der Waals surface area contributed by atoms with Crippen molar-refractivity contribution in [1.82, 2.24) is 15.6 Å². The maximum absolute atomic E-state index is 12.5. The van der Waals surface area contributed by atoms with E-state index >= 15 is 0 Å². The van der Waals surface area contributed by atoms with Gasteiger partial charge in [-0.25, -0.2) is 4.98 Å². The van der Waals surface area contributed by atoms with Gasteiger partial charge in [0, 0.05) is 30.5 Å². The molecule has 1 aromatic carbocycles. The molecule has 0 aliphatic carbocycles. The molecule has 0 atom stereocenters. The van der Waals surface area contributed by atoms with Crippen molar-refractivity contribution in [3.63, 3.8) is 0 Å². The number of aromatic nitrogens is 1. The van der Waals surface area contributed by atoms with Crippen molar-refractivity contribution in [3.8, 4) is 11.8 Å². The number of thiazole rings is 1. The van der Waals surface area contributed by atoms with E-state index in [2.05, 4.69) is 39.4 Å². The molecule has 0 unspecified atom stereocenters. The number of guanidine groups is 1. The standard InChI is InChI=1S/C19H21F3N4S/c1-13-14(2)27-17(26-13)10-12-25-18(23-3)24-11-4-5-15-6-8-16(9-7-15)19(20,21)22/h6-9H,10-12H2,1-3H3,(H2,23,24,25). The second-order valence-corrected chi connectivity index (χ2v) is 7.02. The Bertz CT molecular complexity index is 823. The van der Waals surface area contributed by atoms with Crippen molar-refractivity contribution in [3.05, 3.63) is 51.0 Å². The maximum atomic E-state index is 12.5. The molecule has 0 saturated carbocycles. The fourth-order valence-corrected chi connectivity index (χ4v) is 3.10. The monoisotopic (exact) mass is 394 g/mol. The lowest BCUT2D eigenvalue weighted by Crippen LogP contribution is -2.38. The fraction of sp³-hybridized carbons (Fsp3) is 0.368. The molecular weight excluding hydrogens is 373 g/mol. The average molecular weight is 394 g/mol. The first-order valence-electron chi connectivity index (χ1n) is 8.33. The zero-order chi connectivity index (χ0) is 19.9. The van der Waals surface area contributed by atoms with Gasteiger partial charge in [0.1, 0.15) is 0 Å².